The second-order valence-corrected chi connectivity index (χ2v) is 1.63. The highest BCUT2D eigenvalue weighted by Crippen LogP contribution is 2.11. The first-order valence-electron chi connectivity index (χ1n) is 2.34. The first-order chi connectivity index (χ1) is 3.80. The van der Waals surface area contributed by atoms with Gasteiger partial charge in [-0.2, -0.15) is 0 Å². The predicted molar refractivity (Wildman–Crippen MR) is 25.7 cm³/mol. The Bertz CT molecular complexity index is 111. The van der Waals surface area contributed by atoms with Gasteiger partial charge in [-0.25, -0.2) is 4.39 Å². The Morgan fingerprint density at radius 3 is 3.00 bits per heavy atom. The van der Waals surface area contributed by atoms with E-state index in [9.17, 15) is 4.39 Å². The molecule has 0 spiro atoms. The first kappa shape index (κ1) is 5.56. The molecule has 0 aromatic heterocycles. The largest absolute Gasteiger partial charge is 0.475 e. The molecule has 0 saturated heterocycles. The van der Waals surface area contributed by atoms with Crippen molar-refractivity contribution in [1.82, 2.24) is 0 Å². The molecule has 0 radical (unpaired) electrons. The van der Waals surface area contributed by atoms with Crippen LogP contribution in [0.3, 0.4) is 0 Å². The van der Waals surface area contributed by atoms with E-state index < -0.39 is 6.36 Å². The molecule has 0 bridgehead atoms. The van der Waals surface area contributed by atoms with Crippen LogP contribution in [0.4, 0.5) is 4.39 Å². The number of halogens is 1. The Kier molecular flexibility index (Phi) is 1.48. The van der Waals surface area contributed by atoms with Gasteiger partial charge in [0.2, 0.25) is 6.36 Å². The molecule has 8 heavy (non-hydrogen) atoms. The average Bonchev–Trinajstić information content (AvgIpc) is 1.77. The van der Waals surface area contributed by atoms with Gasteiger partial charge in [-0.15, -0.1) is 0 Å². The molecule has 1 aliphatic heterocycles. The van der Waals surface area contributed by atoms with Gasteiger partial charge in [0.25, 0.3) is 0 Å². The monoisotopic (exact) mass is 118 g/mol. The van der Waals surface area contributed by atoms with Crippen LogP contribution in [0, 0.1) is 0 Å². The normalized spacial score (nSPS) is 28.8. The Hall–Kier alpha value is -0.570. The molecule has 1 heterocycles. The molecule has 1 aliphatic rings. The van der Waals surface area contributed by atoms with Crippen molar-refractivity contribution in [2.45, 2.75) is 13.3 Å². The predicted octanol–water partition coefficient (Wildman–Crippen LogP) is 1.19. The third-order valence-corrected chi connectivity index (χ3v) is 0.910. The van der Waals surface area contributed by atoms with Gasteiger partial charge in [0.15, 0.2) is 6.79 Å². The summed E-state index contributed by atoms with van der Waals surface area (Å²) in [4.78, 5) is 0. The smallest absolute Gasteiger partial charge is 0.227 e. The molecule has 3 heteroatoms. The van der Waals surface area contributed by atoms with Gasteiger partial charge in [0.05, 0.1) is 6.26 Å². The van der Waals surface area contributed by atoms with E-state index in [4.69, 9.17) is 0 Å². The van der Waals surface area contributed by atoms with E-state index in [0.717, 1.165) is 0 Å². The molecule has 0 aromatic rings. The van der Waals surface area contributed by atoms with Crippen molar-refractivity contribution >= 4 is 0 Å². The van der Waals surface area contributed by atoms with E-state index in [1.54, 1.807) is 6.92 Å². The lowest BCUT2D eigenvalue weighted by Crippen LogP contribution is -2.14. The van der Waals surface area contributed by atoms with Gasteiger partial charge < -0.3 is 9.47 Å². The van der Waals surface area contributed by atoms with Crippen molar-refractivity contribution in [3.63, 3.8) is 0 Å². The summed E-state index contributed by atoms with van der Waals surface area (Å²) in [6.45, 7) is 1.64. The zero-order valence-corrected chi connectivity index (χ0v) is 4.56. The number of ether oxygens (including phenoxy) is 2. The summed E-state index contributed by atoms with van der Waals surface area (Å²) < 4.78 is 21.3. The Balaban J connectivity index is 2.53. The lowest BCUT2D eigenvalue weighted by atomic mass is 10.3. The maximum absolute atomic E-state index is 12.2. The van der Waals surface area contributed by atoms with Gasteiger partial charge in [0, 0.05) is 5.57 Å². The molecular formula is C5H7FO2. The molecule has 0 N–H and O–H groups in total. The summed E-state index contributed by atoms with van der Waals surface area (Å²) in [5, 5.41) is 0. The van der Waals surface area contributed by atoms with Crippen LogP contribution in [-0.2, 0) is 9.47 Å². The van der Waals surface area contributed by atoms with Crippen molar-refractivity contribution < 1.29 is 13.9 Å². The van der Waals surface area contributed by atoms with E-state index in [2.05, 4.69) is 9.47 Å². The Labute approximate surface area is 46.9 Å². The molecule has 0 aromatic carbocycles. The average molecular weight is 118 g/mol. The van der Waals surface area contributed by atoms with Crippen LogP contribution in [0.1, 0.15) is 6.92 Å². The lowest BCUT2D eigenvalue weighted by molar-refractivity contribution is -0.114. The summed E-state index contributed by atoms with van der Waals surface area (Å²) in [6.07, 6.45) is 0.109. The van der Waals surface area contributed by atoms with E-state index >= 15 is 0 Å². The molecule has 0 aliphatic carbocycles. The van der Waals surface area contributed by atoms with Crippen LogP contribution >= 0.6 is 0 Å². The van der Waals surface area contributed by atoms with E-state index in [1.165, 1.54) is 6.26 Å². The minimum Gasteiger partial charge on any atom is -0.475 e. The molecular weight excluding hydrogens is 111 g/mol. The van der Waals surface area contributed by atoms with Crippen molar-refractivity contribution in [1.29, 1.82) is 0 Å². The van der Waals surface area contributed by atoms with Crippen LogP contribution in [0.5, 0.6) is 0 Å². The van der Waals surface area contributed by atoms with Crippen molar-refractivity contribution in [2.75, 3.05) is 6.79 Å². The zero-order chi connectivity index (χ0) is 5.98. The molecule has 1 rings (SSSR count). The summed E-state index contributed by atoms with van der Waals surface area (Å²) in [5.74, 6) is 0. The van der Waals surface area contributed by atoms with E-state index in [1.807, 2.05) is 0 Å². The van der Waals surface area contributed by atoms with Gasteiger partial charge in [-0.1, -0.05) is 0 Å². The number of alkyl halides is 1. The Morgan fingerprint density at radius 1 is 1.88 bits per heavy atom. The highest BCUT2D eigenvalue weighted by Gasteiger charge is 2.12. The van der Waals surface area contributed by atoms with Crippen LogP contribution in [0.2, 0.25) is 0 Å². The Morgan fingerprint density at radius 2 is 2.62 bits per heavy atom. The van der Waals surface area contributed by atoms with Gasteiger partial charge in [-0.05, 0) is 6.92 Å². The SMILES string of the molecule is CC1=COCOC1F. The highest BCUT2D eigenvalue weighted by molar-refractivity contribution is 4.97. The number of rotatable bonds is 0. The first-order valence-corrected chi connectivity index (χ1v) is 2.34. The second kappa shape index (κ2) is 2.13. The topological polar surface area (TPSA) is 18.5 Å². The molecule has 0 amide bonds. The van der Waals surface area contributed by atoms with Gasteiger partial charge in [-0.3, -0.25) is 0 Å². The lowest BCUT2D eigenvalue weighted by Gasteiger charge is -2.14. The summed E-state index contributed by atoms with van der Waals surface area (Å²) >= 11 is 0. The molecule has 1 unspecified atom stereocenters. The maximum Gasteiger partial charge on any atom is 0.227 e. The second-order valence-electron chi connectivity index (χ2n) is 1.63. The third-order valence-electron chi connectivity index (χ3n) is 0.910. The number of hydrogen-bond donors (Lipinski definition) is 0. The van der Waals surface area contributed by atoms with E-state index in [-0.39, 0.29) is 6.79 Å². The van der Waals surface area contributed by atoms with E-state index in [0.29, 0.717) is 5.57 Å². The summed E-state index contributed by atoms with van der Waals surface area (Å²) in [7, 11) is 0. The molecule has 1 atom stereocenters. The molecule has 2 nitrogen and oxygen atoms in total. The quantitative estimate of drug-likeness (QED) is 0.475. The third kappa shape index (κ3) is 0.980. The van der Waals surface area contributed by atoms with Gasteiger partial charge in [0.1, 0.15) is 0 Å². The minimum absolute atomic E-state index is 0.0263. The molecule has 46 valence electrons. The molecule has 0 fully saturated rings. The standard InChI is InChI=1S/C5H7FO2/c1-4-2-7-3-8-5(4)6/h2,5H,3H2,1H3. The maximum atomic E-state index is 12.2. The van der Waals surface area contributed by atoms with Crippen LogP contribution < -0.4 is 0 Å². The highest BCUT2D eigenvalue weighted by atomic mass is 19.1. The van der Waals surface area contributed by atoms with Crippen molar-refractivity contribution in [2.24, 2.45) is 0 Å². The van der Waals surface area contributed by atoms with Crippen LogP contribution in [-0.4, -0.2) is 13.2 Å². The fourth-order valence-corrected chi connectivity index (χ4v) is 0.449. The fourth-order valence-electron chi connectivity index (χ4n) is 0.449. The zero-order valence-electron chi connectivity index (χ0n) is 4.56. The minimum atomic E-state index is -1.26. The van der Waals surface area contributed by atoms with Crippen LogP contribution in [0.25, 0.3) is 0 Å². The fraction of sp³-hybridized carbons (Fsp3) is 0.600. The summed E-state index contributed by atoms with van der Waals surface area (Å²) in [6, 6.07) is 0. The summed E-state index contributed by atoms with van der Waals surface area (Å²) in [5.41, 5.74) is 0.483. The van der Waals surface area contributed by atoms with Gasteiger partial charge >= 0.3 is 0 Å². The van der Waals surface area contributed by atoms with Crippen molar-refractivity contribution in [3.05, 3.63) is 11.8 Å². The molecule has 0 saturated carbocycles. The van der Waals surface area contributed by atoms with Crippen LogP contribution in [0.15, 0.2) is 11.8 Å². The van der Waals surface area contributed by atoms with Crippen molar-refractivity contribution in [3.8, 4) is 0 Å². The number of hydrogen-bond acceptors (Lipinski definition) is 2.